The zero-order chi connectivity index (χ0) is 23.9. The Labute approximate surface area is 193 Å². The summed E-state index contributed by atoms with van der Waals surface area (Å²) in [6, 6.07) is 12.3. The lowest BCUT2D eigenvalue weighted by Crippen LogP contribution is -2.22. The number of fused-ring (bicyclic) bond motifs is 1. The second kappa shape index (κ2) is 8.63. The van der Waals surface area contributed by atoms with Crippen LogP contribution in [0.4, 0.5) is 10.1 Å². The summed E-state index contributed by atoms with van der Waals surface area (Å²) < 4.78 is 15.8. The second-order valence-corrected chi connectivity index (χ2v) is 8.12. The number of hydrogen-bond acceptors (Lipinski definition) is 5. The highest BCUT2D eigenvalue weighted by atomic mass is 35.5. The van der Waals surface area contributed by atoms with Gasteiger partial charge in [0, 0.05) is 12.6 Å². The number of carboxylic acid groups (broad SMARTS) is 1. The molecular formula is C24H20ClFN4O3. The normalized spacial score (nSPS) is 12.0. The first kappa shape index (κ1) is 22.4. The van der Waals surface area contributed by atoms with Gasteiger partial charge < -0.3 is 10.4 Å². The summed E-state index contributed by atoms with van der Waals surface area (Å²) in [7, 11) is 1.55. The Hall–Kier alpha value is -3.78. The van der Waals surface area contributed by atoms with E-state index in [4.69, 9.17) is 11.6 Å². The number of carbonyl (C=O) groups is 1. The highest BCUT2D eigenvalue weighted by Crippen LogP contribution is 2.29. The van der Waals surface area contributed by atoms with E-state index in [1.54, 1.807) is 31.3 Å². The first-order chi connectivity index (χ1) is 15.7. The molecule has 0 aliphatic rings. The van der Waals surface area contributed by atoms with Crippen molar-refractivity contribution >= 4 is 34.2 Å². The first-order valence-corrected chi connectivity index (χ1v) is 10.5. The number of halogens is 2. The fourth-order valence-corrected chi connectivity index (χ4v) is 3.94. The van der Waals surface area contributed by atoms with Gasteiger partial charge in [0.25, 0.3) is 5.56 Å². The fourth-order valence-electron chi connectivity index (χ4n) is 3.79. The van der Waals surface area contributed by atoms with Crippen LogP contribution in [0, 0.1) is 12.7 Å². The lowest BCUT2D eigenvalue weighted by molar-refractivity contribution is 0.0691. The minimum Gasteiger partial charge on any atom is -0.476 e. The van der Waals surface area contributed by atoms with E-state index in [2.05, 4.69) is 15.3 Å². The number of rotatable bonds is 5. The Balaban J connectivity index is 1.90. The topological polar surface area (TPSA) is 97.1 Å². The standard InChI is InChI=1S/C24H20ClFN4O3/c1-12-10-15(13(2)27-18-8-9-19(25)28-21(18)24(32)33)20-16(11-12)23(31)30(3)22(29-20)14-6-4-5-7-17(14)26/h4-11,13,27H,1-3H3,(H,32,33). The quantitative estimate of drug-likeness (QED) is 0.403. The molecule has 9 heteroatoms. The van der Waals surface area contributed by atoms with Gasteiger partial charge in [-0.05, 0) is 49.7 Å². The number of hydrogen-bond donors (Lipinski definition) is 2. The Morgan fingerprint density at radius 1 is 1.18 bits per heavy atom. The molecule has 1 unspecified atom stereocenters. The van der Waals surface area contributed by atoms with Gasteiger partial charge in [0.2, 0.25) is 0 Å². The van der Waals surface area contributed by atoms with Crippen LogP contribution in [-0.2, 0) is 7.05 Å². The smallest absolute Gasteiger partial charge is 0.356 e. The van der Waals surface area contributed by atoms with Gasteiger partial charge in [0.15, 0.2) is 5.69 Å². The third-order valence-electron chi connectivity index (χ3n) is 5.37. The SMILES string of the molecule is Cc1cc(C(C)Nc2ccc(Cl)nc2C(=O)O)c2nc(-c3ccccc3F)n(C)c(=O)c2c1. The van der Waals surface area contributed by atoms with Crippen molar-refractivity contribution in [3.05, 3.63) is 86.7 Å². The summed E-state index contributed by atoms with van der Waals surface area (Å²) in [6.07, 6.45) is 0. The van der Waals surface area contributed by atoms with Crippen molar-refractivity contribution in [1.82, 2.24) is 14.5 Å². The lowest BCUT2D eigenvalue weighted by atomic mass is 10.0. The minimum atomic E-state index is -1.23. The molecule has 0 fully saturated rings. The molecular weight excluding hydrogens is 447 g/mol. The summed E-state index contributed by atoms with van der Waals surface area (Å²) in [5, 5.41) is 13.1. The van der Waals surface area contributed by atoms with Gasteiger partial charge >= 0.3 is 5.97 Å². The summed E-state index contributed by atoms with van der Waals surface area (Å²) in [5.41, 5.74) is 1.84. The average molecular weight is 467 g/mol. The highest BCUT2D eigenvalue weighted by molar-refractivity contribution is 6.29. The number of aromatic carboxylic acids is 1. The van der Waals surface area contributed by atoms with Gasteiger partial charge in [0.1, 0.15) is 16.8 Å². The zero-order valence-electron chi connectivity index (χ0n) is 18.1. The molecule has 0 aliphatic carbocycles. The van der Waals surface area contributed by atoms with Crippen LogP contribution in [0.5, 0.6) is 0 Å². The summed E-state index contributed by atoms with van der Waals surface area (Å²) >= 11 is 5.85. The number of aromatic nitrogens is 3. The second-order valence-electron chi connectivity index (χ2n) is 7.73. The van der Waals surface area contributed by atoms with Crippen molar-refractivity contribution < 1.29 is 14.3 Å². The van der Waals surface area contributed by atoms with Gasteiger partial charge in [0.05, 0.1) is 28.2 Å². The molecule has 0 aliphatic heterocycles. The zero-order valence-corrected chi connectivity index (χ0v) is 18.8. The van der Waals surface area contributed by atoms with Crippen molar-refractivity contribution in [3.63, 3.8) is 0 Å². The van der Waals surface area contributed by atoms with Crippen LogP contribution in [0.2, 0.25) is 5.15 Å². The molecule has 4 aromatic rings. The summed E-state index contributed by atoms with van der Waals surface area (Å²) in [6.45, 7) is 3.67. The molecule has 2 aromatic carbocycles. The predicted octanol–water partition coefficient (Wildman–Crippen LogP) is 4.97. The first-order valence-electron chi connectivity index (χ1n) is 10.1. The van der Waals surface area contributed by atoms with E-state index in [0.29, 0.717) is 16.5 Å². The van der Waals surface area contributed by atoms with Crippen molar-refractivity contribution in [2.75, 3.05) is 5.32 Å². The molecule has 2 heterocycles. The number of aryl methyl sites for hydroxylation is 1. The maximum absolute atomic E-state index is 14.5. The molecule has 7 nitrogen and oxygen atoms in total. The van der Waals surface area contributed by atoms with E-state index in [1.807, 2.05) is 19.9 Å². The average Bonchev–Trinajstić information content (AvgIpc) is 2.77. The monoisotopic (exact) mass is 466 g/mol. The third-order valence-corrected chi connectivity index (χ3v) is 5.58. The number of pyridine rings is 1. The Bertz CT molecular complexity index is 1470. The Morgan fingerprint density at radius 3 is 2.61 bits per heavy atom. The highest BCUT2D eigenvalue weighted by Gasteiger charge is 2.20. The predicted molar refractivity (Wildman–Crippen MR) is 125 cm³/mol. The van der Waals surface area contributed by atoms with Crippen LogP contribution in [0.15, 0.2) is 53.3 Å². The van der Waals surface area contributed by atoms with Crippen molar-refractivity contribution in [2.24, 2.45) is 7.05 Å². The van der Waals surface area contributed by atoms with Crippen molar-refractivity contribution in [1.29, 1.82) is 0 Å². The fraction of sp³-hybridized carbons (Fsp3) is 0.167. The number of nitrogens with one attached hydrogen (secondary N) is 1. The number of carboxylic acids is 1. The molecule has 0 saturated carbocycles. The molecule has 0 saturated heterocycles. The molecule has 168 valence electrons. The van der Waals surface area contributed by atoms with Crippen LogP contribution < -0.4 is 10.9 Å². The van der Waals surface area contributed by atoms with Crippen LogP contribution in [0.25, 0.3) is 22.3 Å². The molecule has 0 bridgehead atoms. The van der Waals surface area contributed by atoms with Gasteiger partial charge in [-0.3, -0.25) is 9.36 Å². The Morgan fingerprint density at radius 2 is 1.91 bits per heavy atom. The molecule has 2 aromatic heterocycles. The molecule has 33 heavy (non-hydrogen) atoms. The molecule has 2 N–H and O–H groups in total. The molecule has 0 radical (unpaired) electrons. The van der Waals surface area contributed by atoms with E-state index in [1.165, 1.54) is 22.8 Å². The molecule has 0 amide bonds. The maximum atomic E-state index is 14.5. The molecule has 1 atom stereocenters. The van der Waals surface area contributed by atoms with E-state index in [9.17, 15) is 19.1 Å². The Kier molecular flexibility index (Phi) is 5.86. The van der Waals surface area contributed by atoms with Crippen LogP contribution >= 0.6 is 11.6 Å². The van der Waals surface area contributed by atoms with E-state index in [-0.39, 0.29) is 33.5 Å². The van der Waals surface area contributed by atoms with Gasteiger partial charge in [-0.15, -0.1) is 0 Å². The van der Waals surface area contributed by atoms with Gasteiger partial charge in [-0.2, -0.15) is 0 Å². The minimum absolute atomic E-state index is 0.0614. The largest absolute Gasteiger partial charge is 0.476 e. The van der Waals surface area contributed by atoms with E-state index >= 15 is 0 Å². The van der Waals surface area contributed by atoms with Gasteiger partial charge in [-0.25, -0.2) is 19.2 Å². The van der Waals surface area contributed by atoms with Gasteiger partial charge in [-0.1, -0.05) is 29.8 Å². The van der Waals surface area contributed by atoms with E-state index in [0.717, 1.165) is 5.56 Å². The summed E-state index contributed by atoms with van der Waals surface area (Å²) in [5.74, 6) is -1.52. The number of benzene rings is 2. The number of nitrogens with zero attached hydrogens (tertiary/aromatic N) is 3. The summed E-state index contributed by atoms with van der Waals surface area (Å²) in [4.78, 5) is 33.4. The lowest BCUT2D eigenvalue weighted by Gasteiger charge is -2.20. The molecule has 0 spiro atoms. The van der Waals surface area contributed by atoms with Crippen LogP contribution in [0.3, 0.4) is 0 Å². The van der Waals surface area contributed by atoms with Crippen molar-refractivity contribution in [3.8, 4) is 11.4 Å². The van der Waals surface area contributed by atoms with Crippen LogP contribution in [-0.4, -0.2) is 25.6 Å². The van der Waals surface area contributed by atoms with Crippen LogP contribution in [0.1, 0.15) is 34.6 Å². The van der Waals surface area contributed by atoms with E-state index < -0.39 is 17.8 Å². The number of anilines is 1. The van der Waals surface area contributed by atoms with Crippen molar-refractivity contribution in [2.45, 2.75) is 19.9 Å². The third kappa shape index (κ3) is 4.17. The molecule has 4 rings (SSSR count). The maximum Gasteiger partial charge on any atom is 0.356 e.